The van der Waals surface area contributed by atoms with E-state index < -0.39 is 11.6 Å². The van der Waals surface area contributed by atoms with Gasteiger partial charge in [0.05, 0.1) is 6.42 Å². The third-order valence-electron chi connectivity index (χ3n) is 3.72. The highest BCUT2D eigenvalue weighted by molar-refractivity contribution is 5.97. The molecule has 0 fully saturated rings. The van der Waals surface area contributed by atoms with Crippen LogP contribution in [0.3, 0.4) is 0 Å². The molecule has 1 aliphatic heterocycles. The number of benzene rings is 2. The van der Waals surface area contributed by atoms with E-state index in [-0.39, 0.29) is 17.9 Å². The number of fused-ring (bicyclic) bond motifs is 1. The number of halogens is 2. The monoisotopic (exact) mass is 288 g/mol. The number of nitrogens with zero attached hydrogens (tertiary/aromatic N) is 1. The van der Waals surface area contributed by atoms with Gasteiger partial charge >= 0.3 is 0 Å². The molecule has 2 N–H and O–H groups in total. The molecule has 0 radical (unpaired) electrons. The van der Waals surface area contributed by atoms with Gasteiger partial charge in [0.2, 0.25) is 5.91 Å². The molecular weight excluding hydrogens is 274 g/mol. The zero-order valence-electron chi connectivity index (χ0n) is 11.3. The standard InChI is InChI=1S/C16H14F2N2O/c17-11-5-4-10(13(18)9-11)8-16(21)20-7-6-12-14(19)2-1-3-15(12)20/h1-5,9H,6-8,19H2. The minimum atomic E-state index is -0.699. The van der Waals surface area contributed by atoms with Crippen molar-refractivity contribution in [3.05, 3.63) is 59.2 Å². The fourth-order valence-electron chi connectivity index (χ4n) is 2.64. The largest absolute Gasteiger partial charge is 0.398 e. The van der Waals surface area contributed by atoms with E-state index in [0.717, 1.165) is 23.4 Å². The van der Waals surface area contributed by atoms with Crippen LogP contribution in [0.2, 0.25) is 0 Å². The molecule has 1 aliphatic rings. The van der Waals surface area contributed by atoms with E-state index in [2.05, 4.69) is 0 Å². The van der Waals surface area contributed by atoms with Crippen molar-refractivity contribution in [2.75, 3.05) is 17.2 Å². The van der Waals surface area contributed by atoms with Crippen molar-refractivity contribution in [2.45, 2.75) is 12.8 Å². The zero-order valence-corrected chi connectivity index (χ0v) is 11.3. The lowest BCUT2D eigenvalue weighted by Gasteiger charge is -2.17. The van der Waals surface area contributed by atoms with Crippen LogP contribution < -0.4 is 10.6 Å². The molecular formula is C16H14F2N2O. The maximum Gasteiger partial charge on any atom is 0.231 e. The number of nitrogens with two attached hydrogens (primary N) is 1. The van der Waals surface area contributed by atoms with E-state index in [4.69, 9.17) is 5.73 Å². The maximum absolute atomic E-state index is 13.6. The van der Waals surface area contributed by atoms with E-state index in [0.29, 0.717) is 18.7 Å². The first-order chi connectivity index (χ1) is 10.1. The number of amides is 1. The highest BCUT2D eigenvalue weighted by atomic mass is 19.1. The molecule has 108 valence electrons. The van der Waals surface area contributed by atoms with Crippen LogP contribution in [0.1, 0.15) is 11.1 Å². The number of hydrogen-bond donors (Lipinski definition) is 1. The topological polar surface area (TPSA) is 46.3 Å². The van der Waals surface area contributed by atoms with Crippen LogP contribution in [0.25, 0.3) is 0 Å². The van der Waals surface area contributed by atoms with Crippen molar-refractivity contribution in [3.63, 3.8) is 0 Å². The smallest absolute Gasteiger partial charge is 0.231 e. The maximum atomic E-state index is 13.6. The molecule has 1 amide bonds. The van der Waals surface area contributed by atoms with Gasteiger partial charge < -0.3 is 10.6 Å². The van der Waals surface area contributed by atoms with Gasteiger partial charge in [-0.3, -0.25) is 4.79 Å². The van der Waals surface area contributed by atoms with Crippen molar-refractivity contribution < 1.29 is 13.6 Å². The van der Waals surface area contributed by atoms with Crippen molar-refractivity contribution in [1.82, 2.24) is 0 Å². The molecule has 0 saturated heterocycles. The van der Waals surface area contributed by atoms with Gasteiger partial charge in [0.15, 0.2) is 0 Å². The first-order valence-corrected chi connectivity index (χ1v) is 6.68. The molecule has 0 spiro atoms. The van der Waals surface area contributed by atoms with Gasteiger partial charge in [-0.1, -0.05) is 12.1 Å². The van der Waals surface area contributed by atoms with Crippen molar-refractivity contribution in [1.29, 1.82) is 0 Å². The lowest BCUT2D eigenvalue weighted by molar-refractivity contribution is -0.117. The van der Waals surface area contributed by atoms with E-state index >= 15 is 0 Å². The van der Waals surface area contributed by atoms with Crippen molar-refractivity contribution >= 4 is 17.3 Å². The molecule has 21 heavy (non-hydrogen) atoms. The molecule has 3 nitrogen and oxygen atoms in total. The molecule has 0 saturated carbocycles. The Bertz CT molecular complexity index is 715. The third-order valence-corrected chi connectivity index (χ3v) is 3.72. The van der Waals surface area contributed by atoms with Crippen LogP contribution in [-0.2, 0) is 17.6 Å². The first-order valence-electron chi connectivity index (χ1n) is 6.68. The van der Waals surface area contributed by atoms with Gasteiger partial charge in [-0.05, 0) is 30.2 Å². The van der Waals surface area contributed by atoms with Gasteiger partial charge in [-0.25, -0.2) is 8.78 Å². The lowest BCUT2D eigenvalue weighted by atomic mass is 10.1. The highest BCUT2D eigenvalue weighted by Gasteiger charge is 2.26. The predicted octanol–water partition coefficient (Wildman–Crippen LogP) is 2.68. The van der Waals surface area contributed by atoms with E-state index in [1.807, 2.05) is 6.07 Å². The Balaban J connectivity index is 1.83. The number of anilines is 2. The Morgan fingerprint density at radius 3 is 2.81 bits per heavy atom. The second kappa shape index (κ2) is 5.16. The highest BCUT2D eigenvalue weighted by Crippen LogP contribution is 2.32. The average molecular weight is 288 g/mol. The summed E-state index contributed by atoms with van der Waals surface area (Å²) in [7, 11) is 0. The fraction of sp³-hybridized carbons (Fsp3) is 0.188. The zero-order chi connectivity index (χ0) is 15.0. The second-order valence-corrected chi connectivity index (χ2v) is 5.05. The second-order valence-electron chi connectivity index (χ2n) is 5.05. The summed E-state index contributed by atoms with van der Waals surface area (Å²) in [6.07, 6.45) is 0.597. The van der Waals surface area contributed by atoms with Gasteiger partial charge in [-0.2, -0.15) is 0 Å². The number of carbonyl (C=O) groups is 1. The molecule has 0 aliphatic carbocycles. The quantitative estimate of drug-likeness (QED) is 0.864. The van der Waals surface area contributed by atoms with Crippen LogP contribution in [-0.4, -0.2) is 12.5 Å². The number of hydrogen-bond acceptors (Lipinski definition) is 2. The van der Waals surface area contributed by atoms with Gasteiger partial charge in [-0.15, -0.1) is 0 Å². The summed E-state index contributed by atoms with van der Waals surface area (Å²) in [5, 5.41) is 0. The van der Waals surface area contributed by atoms with Crippen LogP contribution in [0.15, 0.2) is 36.4 Å². The summed E-state index contributed by atoms with van der Waals surface area (Å²) in [6, 6.07) is 8.67. The normalized spacial score (nSPS) is 13.3. The Morgan fingerprint density at radius 2 is 2.05 bits per heavy atom. The predicted molar refractivity (Wildman–Crippen MR) is 77.0 cm³/mol. The summed E-state index contributed by atoms with van der Waals surface area (Å²) in [4.78, 5) is 14.0. The Labute approximate surface area is 121 Å². The molecule has 2 aromatic rings. The van der Waals surface area contributed by atoms with Crippen LogP contribution >= 0.6 is 0 Å². The summed E-state index contributed by atoms with van der Waals surface area (Å²) < 4.78 is 26.5. The minimum Gasteiger partial charge on any atom is -0.398 e. The lowest BCUT2D eigenvalue weighted by Crippen LogP contribution is -2.30. The summed E-state index contributed by atoms with van der Waals surface area (Å²) in [6.45, 7) is 0.533. The van der Waals surface area contributed by atoms with Crippen molar-refractivity contribution in [3.8, 4) is 0 Å². The number of nitrogen functional groups attached to an aromatic ring is 1. The molecule has 0 bridgehead atoms. The minimum absolute atomic E-state index is 0.0969. The van der Waals surface area contributed by atoms with Gasteiger partial charge in [0.1, 0.15) is 11.6 Å². The van der Waals surface area contributed by atoms with Crippen LogP contribution in [0.4, 0.5) is 20.2 Å². The Hall–Kier alpha value is -2.43. The number of rotatable bonds is 2. The average Bonchev–Trinajstić information content (AvgIpc) is 2.87. The van der Waals surface area contributed by atoms with E-state index in [9.17, 15) is 13.6 Å². The first kappa shape index (κ1) is 13.5. The molecule has 3 rings (SSSR count). The molecule has 1 heterocycles. The Morgan fingerprint density at radius 1 is 1.24 bits per heavy atom. The number of carbonyl (C=O) groups excluding carboxylic acids is 1. The van der Waals surface area contributed by atoms with Crippen LogP contribution in [0, 0.1) is 11.6 Å². The van der Waals surface area contributed by atoms with Gasteiger partial charge in [0, 0.05) is 29.5 Å². The summed E-state index contributed by atoms with van der Waals surface area (Å²) >= 11 is 0. The fourth-order valence-corrected chi connectivity index (χ4v) is 2.64. The third kappa shape index (κ3) is 2.46. The van der Waals surface area contributed by atoms with E-state index in [1.165, 1.54) is 6.07 Å². The molecule has 0 aromatic heterocycles. The summed E-state index contributed by atoms with van der Waals surface area (Å²) in [5.74, 6) is -1.57. The molecule has 0 unspecified atom stereocenters. The Kier molecular flexibility index (Phi) is 3.33. The van der Waals surface area contributed by atoms with Crippen LogP contribution in [0.5, 0.6) is 0 Å². The van der Waals surface area contributed by atoms with Gasteiger partial charge in [0.25, 0.3) is 0 Å². The molecule has 2 aromatic carbocycles. The summed E-state index contributed by atoms with van der Waals surface area (Å²) in [5.41, 5.74) is 8.47. The van der Waals surface area contributed by atoms with E-state index in [1.54, 1.807) is 17.0 Å². The molecule has 0 atom stereocenters. The van der Waals surface area contributed by atoms with Crippen molar-refractivity contribution in [2.24, 2.45) is 0 Å². The SMILES string of the molecule is Nc1cccc2c1CCN2C(=O)Cc1ccc(F)cc1F. The molecule has 5 heteroatoms.